The Morgan fingerprint density at radius 3 is 2.67 bits per heavy atom. The molecule has 3 rings (SSSR count). The van der Waals surface area contributed by atoms with E-state index in [1.807, 2.05) is 18.3 Å². The van der Waals surface area contributed by atoms with Crippen LogP contribution >= 0.6 is 22.7 Å². The lowest BCUT2D eigenvalue weighted by molar-refractivity contribution is 1.14. The van der Waals surface area contributed by atoms with Crippen molar-refractivity contribution in [2.24, 2.45) is 0 Å². The molecule has 0 radical (unpaired) electrons. The molecule has 0 unspecified atom stereocenters. The van der Waals surface area contributed by atoms with Gasteiger partial charge in [-0.15, -0.1) is 22.7 Å². The summed E-state index contributed by atoms with van der Waals surface area (Å²) in [7, 11) is 0. The van der Waals surface area contributed by atoms with Crippen LogP contribution in [0.25, 0.3) is 11.3 Å². The number of benzene rings is 1. The number of aryl methyl sites for hydroxylation is 3. The van der Waals surface area contributed by atoms with Crippen LogP contribution in [0.5, 0.6) is 0 Å². The number of anilines is 1. The fourth-order valence-electron chi connectivity index (χ4n) is 2.34. The highest BCUT2D eigenvalue weighted by Crippen LogP contribution is 2.25. The number of hydrogen-bond donors (Lipinski definition) is 1. The van der Waals surface area contributed by atoms with Crippen LogP contribution in [-0.2, 0) is 6.54 Å². The van der Waals surface area contributed by atoms with E-state index in [2.05, 4.69) is 59.9 Å². The fraction of sp³-hybridized carbons (Fsp3) is 0.235. The second kappa shape index (κ2) is 6.00. The largest absolute Gasteiger partial charge is 0.381 e. The maximum atomic E-state index is 4.55. The van der Waals surface area contributed by atoms with Crippen molar-refractivity contribution in [3.63, 3.8) is 0 Å². The summed E-state index contributed by atoms with van der Waals surface area (Å²) < 4.78 is 0. The summed E-state index contributed by atoms with van der Waals surface area (Å²) >= 11 is 3.55. The van der Waals surface area contributed by atoms with Crippen molar-refractivity contribution in [1.29, 1.82) is 0 Å². The van der Waals surface area contributed by atoms with Gasteiger partial charge in [0.1, 0.15) is 0 Å². The zero-order chi connectivity index (χ0) is 14.8. The van der Waals surface area contributed by atoms with Gasteiger partial charge in [0.15, 0.2) is 0 Å². The molecular formula is C17H18N2S2. The van der Waals surface area contributed by atoms with Crippen LogP contribution < -0.4 is 5.32 Å². The molecule has 21 heavy (non-hydrogen) atoms. The van der Waals surface area contributed by atoms with Gasteiger partial charge in [-0.3, -0.25) is 0 Å². The summed E-state index contributed by atoms with van der Waals surface area (Å²) in [6, 6.07) is 10.7. The molecule has 4 heteroatoms. The molecule has 0 aliphatic carbocycles. The Hall–Kier alpha value is -1.65. The summed E-state index contributed by atoms with van der Waals surface area (Å²) in [4.78, 5) is 7.32. The number of rotatable bonds is 4. The molecule has 0 bridgehead atoms. The minimum atomic E-state index is 0.871. The quantitative estimate of drug-likeness (QED) is 0.696. The van der Waals surface area contributed by atoms with Crippen LogP contribution in [0.15, 0.2) is 35.7 Å². The van der Waals surface area contributed by atoms with Crippen molar-refractivity contribution in [2.75, 3.05) is 5.32 Å². The molecule has 0 saturated heterocycles. The van der Waals surface area contributed by atoms with Gasteiger partial charge < -0.3 is 5.32 Å². The second-order valence-corrected chi connectivity index (χ2v) is 7.65. The Balaban J connectivity index is 1.76. The molecule has 108 valence electrons. The van der Waals surface area contributed by atoms with Crippen LogP contribution in [0.2, 0.25) is 0 Å². The molecule has 0 aliphatic heterocycles. The summed E-state index contributed by atoms with van der Waals surface area (Å²) in [6.45, 7) is 7.25. The molecule has 3 aromatic rings. The fourth-order valence-corrected chi connectivity index (χ4v) is 3.91. The molecule has 1 N–H and O–H groups in total. The molecule has 2 heterocycles. The van der Waals surface area contributed by atoms with Gasteiger partial charge in [0, 0.05) is 32.9 Å². The Bertz CT molecular complexity index is 756. The molecule has 0 amide bonds. The number of nitrogens with zero attached hydrogens (tertiary/aromatic N) is 1. The van der Waals surface area contributed by atoms with E-state index in [0.717, 1.165) is 22.9 Å². The molecule has 0 fully saturated rings. The molecule has 2 aromatic heterocycles. The van der Waals surface area contributed by atoms with Gasteiger partial charge in [0.2, 0.25) is 0 Å². The lowest BCUT2D eigenvalue weighted by Gasteiger charge is -2.07. The Morgan fingerprint density at radius 1 is 1.14 bits per heavy atom. The van der Waals surface area contributed by atoms with E-state index < -0.39 is 0 Å². The highest BCUT2D eigenvalue weighted by atomic mass is 32.1. The number of aromatic nitrogens is 1. The van der Waals surface area contributed by atoms with E-state index >= 15 is 0 Å². The first-order valence-electron chi connectivity index (χ1n) is 6.94. The monoisotopic (exact) mass is 314 g/mol. The normalized spacial score (nSPS) is 10.8. The van der Waals surface area contributed by atoms with Crippen LogP contribution in [0.4, 0.5) is 5.69 Å². The third-order valence-corrected chi connectivity index (χ3v) is 5.19. The van der Waals surface area contributed by atoms with Gasteiger partial charge in [-0.25, -0.2) is 4.98 Å². The molecule has 0 saturated carbocycles. The van der Waals surface area contributed by atoms with Crippen molar-refractivity contribution in [3.8, 4) is 11.3 Å². The van der Waals surface area contributed by atoms with Crippen molar-refractivity contribution >= 4 is 28.4 Å². The minimum Gasteiger partial charge on any atom is -0.381 e. The lowest BCUT2D eigenvalue weighted by Crippen LogP contribution is -1.99. The number of hydrogen-bond acceptors (Lipinski definition) is 4. The van der Waals surface area contributed by atoms with Gasteiger partial charge in [0.25, 0.3) is 0 Å². The zero-order valence-electron chi connectivity index (χ0n) is 12.4. The first-order chi connectivity index (χ1) is 10.1. The maximum absolute atomic E-state index is 4.55. The first-order valence-corrected chi connectivity index (χ1v) is 8.64. The first kappa shape index (κ1) is 14.3. The van der Waals surface area contributed by atoms with Crippen molar-refractivity contribution in [2.45, 2.75) is 27.3 Å². The predicted molar refractivity (Wildman–Crippen MR) is 93.4 cm³/mol. The van der Waals surface area contributed by atoms with E-state index in [4.69, 9.17) is 0 Å². The van der Waals surface area contributed by atoms with Gasteiger partial charge in [-0.1, -0.05) is 12.1 Å². The molecule has 2 nitrogen and oxygen atoms in total. The Kier molecular flexibility index (Phi) is 4.08. The number of thiazole rings is 1. The van der Waals surface area contributed by atoms with Crippen LogP contribution in [0, 0.1) is 20.8 Å². The third kappa shape index (κ3) is 3.34. The summed E-state index contributed by atoms with van der Waals surface area (Å²) in [5.41, 5.74) is 4.75. The number of nitrogens with one attached hydrogen (secondary N) is 1. The SMILES string of the molecule is Cc1cc(CNc2cccc(-c3csc(C)n3)c2)c(C)s1. The summed E-state index contributed by atoms with van der Waals surface area (Å²) in [5.74, 6) is 0. The molecule has 0 atom stereocenters. The van der Waals surface area contributed by atoms with Gasteiger partial charge in [-0.2, -0.15) is 0 Å². The van der Waals surface area contributed by atoms with Gasteiger partial charge in [-0.05, 0) is 44.5 Å². The topological polar surface area (TPSA) is 24.9 Å². The van der Waals surface area contributed by atoms with Crippen molar-refractivity contribution < 1.29 is 0 Å². The van der Waals surface area contributed by atoms with Crippen molar-refractivity contribution in [3.05, 3.63) is 56.0 Å². The number of thiophene rings is 1. The van der Waals surface area contributed by atoms with E-state index in [-0.39, 0.29) is 0 Å². The van der Waals surface area contributed by atoms with E-state index in [0.29, 0.717) is 0 Å². The van der Waals surface area contributed by atoms with Crippen molar-refractivity contribution in [1.82, 2.24) is 4.98 Å². The zero-order valence-corrected chi connectivity index (χ0v) is 14.1. The summed E-state index contributed by atoms with van der Waals surface area (Å²) in [5, 5.41) is 6.73. The average molecular weight is 314 g/mol. The lowest BCUT2D eigenvalue weighted by atomic mass is 10.1. The van der Waals surface area contributed by atoms with Gasteiger partial charge >= 0.3 is 0 Å². The average Bonchev–Trinajstić information content (AvgIpc) is 3.03. The van der Waals surface area contributed by atoms with Crippen LogP contribution in [0.3, 0.4) is 0 Å². The second-order valence-electron chi connectivity index (χ2n) is 5.12. The minimum absolute atomic E-state index is 0.871. The predicted octanol–water partition coefficient (Wildman–Crippen LogP) is 5.41. The highest BCUT2D eigenvalue weighted by Gasteiger charge is 2.05. The maximum Gasteiger partial charge on any atom is 0.0901 e. The third-order valence-electron chi connectivity index (χ3n) is 3.40. The highest BCUT2D eigenvalue weighted by molar-refractivity contribution is 7.12. The molecule has 0 spiro atoms. The Labute approximate surface area is 133 Å². The smallest absolute Gasteiger partial charge is 0.0901 e. The Morgan fingerprint density at radius 2 is 2.00 bits per heavy atom. The molecule has 0 aliphatic rings. The molecular weight excluding hydrogens is 296 g/mol. The standard InChI is InChI=1S/C17H18N2S2/c1-11-7-15(12(2)21-11)9-18-16-6-4-5-14(8-16)17-10-20-13(3)19-17/h4-8,10,18H,9H2,1-3H3. The van der Waals surface area contributed by atoms with E-state index in [1.54, 1.807) is 11.3 Å². The van der Waals surface area contributed by atoms with E-state index in [1.165, 1.54) is 20.9 Å². The summed E-state index contributed by atoms with van der Waals surface area (Å²) in [6.07, 6.45) is 0. The van der Waals surface area contributed by atoms with Crippen LogP contribution in [0.1, 0.15) is 20.3 Å². The van der Waals surface area contributed by atoms with E-state index in [9.17, 15) is 0 Å². The van der Waals surface area contributed by atoms with Gasteiger partial charge in [0.05, 0.1) is 10.7 Å². The molecule has 1 aromatic carbocycles. The van der Waals surface area contributed by atoms with Crippen LogP contribution in [-0.4, -0.2) is 4.98 Å².